The van der Waals surface area contributed by atoms with Gasteiger partial charge in [-0.15, -0.1) is 0 Å². The molecule has 2 aromatic carbocycles. The molecule has 4 N–H and O–H groups in total. The number of nitrogens with two attached hydrogens (primary N) is 1. The Bertz CT molecular complexity index is 1410. The smallest absolute Gasteiger partial charge is 0.228 e. The van der Waals surface area contributed by atoms with Gasteiger partial charge >= 0.3 is 0 Å². The highest BCUT2D eigenvalue weighted by Crippen LogP contribution is 2.48. The first-order valence-corrected chi connectivity index (χ1v) is 12.4. The zero-order valence-electron chi connectivity index (χ0n) is 20.1. The number of carbonyl (C=O) groups excluding carboxylic acids is 1. The van der Waals surface area contributed by atoms with Crippen LogP contribution < -0.4 is 21.1 Å². The van der Waals surface area contributed by atoms with Crippen LogP contribution in [0.15, 0.2) is 54.9 Å². The summed E-state index contributed by atoms with van der Waals surface area (Å²) in [5, 5.41) is 12.1. The van der Waals surface area contributed by atoms with Gasteiger partial charge < -0.3 is 21.1 Å². The number of anilines is 2. The van der Waals surface area contributed by atoms with Gasteiger partial charge in [-0.2, -0.15) is 5.10 Å². The molecule has 9 heteroatoms. The minimum atomic E-state index is -0.0293. The number of ether oxygens (including phenoxy) is 1. The highest BCUT2D eigenvalue weighted by Gasteiger charge is 2.44. The molecule has 0 radical (unpaired) electrons. The SMILES string of the molecule is COc1cc(-c2nn(C3CCNCC3)c3ncnc(N)c23)ccc1NC(=O)[C@@H]1C[C@H]1c1ccccc1. The third-order valence-corrected chi connectivity index (χ3v) is 7.26. The number of hydrogen-bond acceptors (Lipinski definition) is 7. The molecule has 36 heavy (non-hydrogen) atoms. The van der Waals surface area contributed by atoms with E-state index in [9.17, 15) is 4.79 Å². The van der Waals surface area contributed by atoms with Crippen LogP contribution in [-0.2, 0) is 4.79 Å². The number of fused-ring (bicyclic) bond motifs is 1. The van der Waals surface area contributed by atoms with E-state index >= 15 is 0 Å². The lowest BCUT2D eigenvalue weighted by Crippen LogP contribution is -2.30. The Morgan fingerprint density at radius 2 is 1.94 bits per heavy atom. The van der Waals surface area contributed by atoms with Gasteiger partial charge in [0, 0.05) is 11.5 Å². The summed E-state index contributed by atoms with van der Waals surface area (Å²) in [6, 6.07) is 16.1. The van der Waals surface area contributed by atoms with Gasteiger partial charge in [0.2, 0.25) is 5.91 Å². The zero-order valence-corrected chi connectivity index (χ0v) is 20.1. The Hall–Kier alpha value is -3.98. The Morgan fingerprint density at radius 1 is 1.14 bits per heavy atom. The molecular weight excluding hydrogens is 454 g/mol. The number of methoxy groups -OCH3 is 1. The van der Waals surface area contributed by atoms with E-state index in [1.54, 1.807) is 7.11 Å². The van der Waals surface area contributed by atoms with Crippen LogP contribution >= 0.6 is 0 Å². The number of nitrogens with one attached hydrogen (secondary N) is 2. The molecular formula is C27H29N7O2. The maximum atomic E-state index is 13.0. The number of aromatic nitrogens is 4. The summed E-state index contributed by atoms with van der Waals surface area (Å²) in [7, 11) is 1.60. The molecule has 0 spiro atoms. The summed E-state index contributed by atoms with van der Waals surface area (Å²) in [4.78, 5) is 21.7. The zero-order chi connectivity index (χ0) is 24.6. The molecule has 2 aliphatic rings. The number of piperidine rings is 1. The number of nitrogens with zero attached hydrogens (tertiary/aromatic N) is 4. The molecule has 2 atom stereocenters. The second kappa shape index (κ2) is 9.23. The summed E-state index contributed by atoms with van der Waals surface area (Å²) in [5.74, 6) is 1.21. The van der Waals surface area contributed by atoms with Gasteiger partial charge in [0.25, 0.3) is 0 Å². The molecule has 0 bridgehead atoms. The third kappa shape index (κ3) is 4.05. The summed E-state index contributed by atoms with van der Waals surface area (Å²) in [6.07, 6.45) is 4.29. The van der Waals surface area contributed by atoms with Crippen molar-refractivity contribution in [2.75, 3.05) is 31.2 Å². The Labute approximate surface area is 209 Å². The van der Waals surface area contributed by atoms with Crippen molar-refractivity contribution in [1.82, 2.24) is 25.1 Å². The van der Waals surface area contributed by atoms with Crippen molar-refractivity contribution in [3.05, 3.63) is 60.4 Å². The van der Waals surface area contributed by atoms with Crippen LogP contribution in [0.3, 0.4) is 0 Å². The molecule has 9 nitrogen and oxygen atoms in total. The first-order valence-electron chi connectivity index (χ1n) is 12.4. The molecule has 0 unspecified atom stereocenters. The van der Waals surface area contributed by atoms with E-state index in [4.69, 9.17) is 15.6 Å². The lowest BCUT2D eigenvalue weighted by atomic mass is 10.1. The van der Waals surface area contributed by atoms with Crippen molar-refractivity contribution < 1.29 is 9.53 Å². The van der Waals surface area contributed by atoms with E-state index in [2.05, 4.69) is 32.7 Å². The molecule has 2 fully saturated rings. The van der Waals surface area contributed by atoms with Crippen LogP contribution in [0.1, 0.15) is 36.8 Å². The average Bonchev–Trinajstić information content (AvgIpc) is 3.64. The van der Waals surface area contributed by atoms with Crippen LogP contribution in [0.5, 0.6) is 5.75 Å². The maximum absolute atomic E-state index is 13.0. The van der Waals surface area contributed by atoms with Crippen LogP contribution in [-0.4, -0.2) is 45.9 Å². The van der Waals surface area contributed by atoms with Gasteiger partial charge in [-0.05, 0) is 56.0 Å². The Morgan fingerprint density at radius 3 is 2.72 bits per heavy atom. The van der Waals surface area contributed by atoms with E-state index in [0.29, 0.717) is 22.9 Å². The normalized spacial score (nSPS) is 19.8. The van der Waals surface area contributed by atoms with Crippen LogP contribution in [0.25, 0.3) is 22.3 Å². The second-order valence-electron chi connectivity index (χ2n) is 9.50. The molecule has 1 aliphatic heterocycles. The lowest BCUT2D eigenvalue weighted by molar-refractivity contribution is -0.117. The van der Waals surface area contributed by atoms with E-state index in [1.807, 2.05) is 41.1 Å². The van der Waals surface area contributed by atoms with Crippen molar-refractivity contribution >= 4 is 28.4 Å². The number of nitrogen functional groups attached to an aromatic ring is 1. The second-order valence-corrected chi connectivity index (χ2v) is 9.50. The summed E-state index contributed by atoms with van der Waals surface area (Å²) in [5.41, 5.74) is 10.4. The maximum Gasteiger partial charge on any atom is 0.228 e. The molecule has 1 amide bonds. The van der Waals surface area contributed by atoms with Crippen molar-refractivity contribution in [3.63, 3.8) is 0 Å². The van der Waals surface area contributed by atoms with E-state index < -0.39 is 0 Å². The number of amides is 1. The molecule has 4 aromatic rings. The summed E-state index contributed by atoms with van der Waals surface area (Å²) in [6.45, 7) is 1.88. The van der Waals surface area contributed by atoms with E-state index in [-0.39, 0.29) is 23.8 Å². The molecule has 2 aromatic heterocycles. The molecule has 1 saturated heterocycles. The molecule has 6 rings (SSSR count). The van der Waals surface area contributed by atoms with E-state index in [0.717, 1.165) is 48.9 Å². The van der Waals surface area contributed by atoms with Crippen molar-refractivity contribution in [2.24, 2.45) is 5.92 Å². The summed E-state index contributed by atoms with van der Waals surface area (Å²) < 4.78 is 7.65. The predicted octanol–water partition coefficient (Wildman–Crippen LogP) is 3.75. The van der Waals surface area contributed by atoms with Crippen molar-refractivity contribution in [2.45, 2.75) is 31.2 Å². The minimum Gasteiger partial charge on any atom is -0.495 e. The molecule has 1 saturated carbocycles. The first kappa shape index (κ1) is 22.5. The number of hydrogen-bond donors (Lipinski definition) is 3. The molecule has 184 valence electrons. The third-order valence-electron chi connectivity index (χ3n) is 7.26. The van der Waals surface area contributed by atoms with Crippen LogP contribution in [0.4, 0.5) is 11.5 Å². The number of carbonyl (C=O) groups is 1. The van der Waals surface area contributed by atoms with Crippen molar-refractivity contribution in [1.29, 1.82) is 0 Å². The largest absolute Gasteiger partial charge is 0.495 e. The molecule has 1 aliphatic carbocycles. The van der Waals surface area contributed by atoms with Crippen LogP contribution in [0.2, 0.25) is 0 Å². The van der Waals surface area contributed by atoms with Crippen molar-refractivity contribution in [3.8, 4) is 17.0 Å². The fraction of sp³-hybridized carbons (Fsp3) is 0.333. The van der Waals surface area contributed by atoms with Gasteiger partial charge in [0.1, 0.15) is 23.6 Å². The Balaban J connectivity index is 1.29. The fourth-order valence-electron chi connectivity index (χ4n) is 5.22. The van der Waals surface area contributed by atoms with Gasteiger partial charge in [-0.1, -0.05) is 36.4 Å². The Kier molecular flexibility index (Phi) is 5.77. The predicted molar refractivity (Wildman–Crippen MR) is 139 cm³/mol. The van der Waals surface area contributed by atoms with Gasteiger partial charge in [0.15, 0.2) is 5.65 Å². The van der Waals surface area contributed by atoms with E-state index in [1.165, 1.54) is 11.9 Å². The average molecular weight is 484 g/mol. The highest BCUT2D eigenvalue weighted by atomic mass is 16.5. The highest BCUT2D eigenvalue weighted by molar-refractivity contribution is 6.00. The summed E-state index contributed by atoms with van der Waals surface area (Å²) >= 11 is 0. The standard InChI is InChI=1S/C27H29N7O2/c1-36-22-13-17(7-8-21(22)32-27(35)20-14-19(20)16-5-3-2-4-6-16)24-23-25(28)30-15-31-26(23)34(33-24)18-9-11-29-12-10-18/h2-8,13,15,18-20,29H,9-12,14H2,1H3,(H,32,35)(H2,28,30,31)/t19-,20+/m0/s1. The van der Waals surface area contributed by atoms with Gasteiger partial charge in [0.05, 0.1) is 24.2 Å². The van der Waals surface area contributed by atoms with Crippen LogP contribution in [0, 0.1) is 5.92 Å². The van der Waals surface area contributed by atoms with Gasteiger partial charge in [-0.25, -0.2) is 14.6 Å². The quantitative estimate of drug-likeness (QED) is 0.382. The van der Waals surface area contributed by atoms with Gasteiger partial charge in [-0.3, -0.25) is 4.79 Å². The number of benzene rings is 2. The lowest BCUT2D eigenvalue weighted by Gasteiger charge is -2.23. The topological polar surface area (TPSA) is 120 Å². The minimum absolute atomic E-state index is 0.00758. The molecule has 3 heterocycles. The first-order chi connectivity index (χ1) is 17.6. The monoisotopic (exact) mass is 483 g/mol. The number of rotatable bonds is 6. The fourth-order valence-corrected chi connectivity index (χ4v) is 5.22.